The van der Waals surface area contributed by atoms with Crippen molar-refractivity contribution in [2.45, 2.75) is 19.3 Å². The van der Waals surface area contributed by atoms with Crippen molar-refractivity contribution in [3.8, 4) is 11.1 Å². The third-order valence-electron chi connectivity index (χ3n) is 5.31. The van der Waals surface area contributed by atoms with E-state index in [0.717, 1.165) is 47.6 Å². The summed E-state index contributed by atoms with van der Waals surface area (Å²) < 4.78 is 0. The molecule has 0 atom stereocenters. The van der Waals surface area contributed by atoms with Crippen molar-refractivity contribution in [2.75, 3.05) is 38.0 Å². The van der Waals surface area contributed by atoms with Crippen LogP contribution in [0.1, 0.15) is 24.8 Å². The van der Waals surface area contributed by atoms with Crippen LogP contribution in [-0.2, 0) is 4.79 Å². The molecular formula is C22H26N4O. The fourth-order valence-electron chi connectivity index (χ4n) is 3.83. The van der Waals surface area contributed by atoms with E-state index in [1.165, 1.54) is 19.3 Å². The number of carbonyl (C=O) groups excluding carboxylic acids is 1. The monoisotopic (exact) mass is 362 g/mol. The predicted octanol–water partition coefficient (Wildman–Crippen LogP) is 3.16. The van der Waals surface area contributed by atoms with E-state index < -0.39 is 0 Å². The second kappa shape index (κ2) is 8.35. The van der Waals surface area contributed by atoms with Crippen LogP contribution < -0.4 is 10.6 Å². The molecule has 27 heavy (non-hydrogen) atoms. The first kappa shape index (κ1) is 17.7. The van der Waals surface area contributed by atoms with E-state index in [-0.39, 0.29) is 5.91 Å². The molecular weight excluding hydrogens is 336 g/mol. The van der Waals surface area contributed by atoms with Gasteiger partial charge in [-0.2, -0.15) is 0 Å². The molecule has 4 rings (SSSR count). The highest BCUT2D eigenvalue weighted by Gasteiger charge is 2.19. The lowest BCUT2D eigenvalue weighted by atomic mass is 9.95. The van der Waals surface area contributed by atoms with Gasteiger partial charge in [0.2, 0.25) is 0 Å². The molecule has 0 bridgehead atoms. The summed E-state index contributed by atoms with van der Waals surface area (Å²) in [4.78, 5) is 19.4. The van der Waals surface area contributed by atoms with Crippen LogP contribution in [0.15, 0.2) is 48.8 Å². The highest BCUT2D eigenvalue weighted by molar-refractivity contribution is 6.21. The van der Waals surface area contributed by atoms with Gasteiger partial charge in [0.15, 0.2) is 0 Å². The minimum Gasteiger partial charge on any atom is -0.381 e. The van der Waals surface area contributed by atoms with Gasteiger partial charge >= 0.3 is 0 Å². The second-order valence-electron chi connectivity index (χ2n) is 7.16. The van der Waals surface area contributed by atoms with E-state index >= 15 is 0 Å². The SMILES string of the molecule is O=C(NCCN1CCCCC1)C1=CCNc2ccc(-c3cccnc3)cc21. The van der Waals surface area contributed by atoms with Gasteiger partial charge in [-0.15, -0.1) is 0 Å². The Balaban J connectivity index is 1.46. The maximum Gasteiger partial charge on any atom is 0.251 e. The zero-order valence-electron chi connectivity index (χ0n) is 15.6. The summed E-state index contributed by atoms with van der Waals surface area (Å²) in [6, 6.07) is 10.2. The third kappa shape index (κ3) is 4.19. The molecule has 1 saturated heterocycles. The lowest BCUT2D eigenvalue weighted by Gasteiger charge is -2.26. The molecule has 2 aliphatic heterocycles. The number of benzene rings is 1. The summed E-state index contributed by atoms with van der Waals surface area (Å²) >= 11 is 0. The molecule has 5 nitrogen and oxygen atoms in total. The summed E-state index contributed by atoms with van der Waals surface area (Å²) in [5.74, 6) is 0.0121. The zero-order chi connectivity index (χ0) is 18.5. The van der Waals surface area contributed by atoms with Gasteiger partial charge in [0, 0.05) is 54.4 Å². The highest BCUT2D eigenvalue weighted by atomic mass is 16.1. The summed E-state index contributed by atoms with van der Waals surface area (Å²) in [5.41, 5.74) is 4.84. The van der Waals surface area contributed by atoms with Gasteiger partial charge in [0.1, 0.15) is 0 Å². The Hall–Kier alpha value is -2.66. The molecule has 3 heterocycles. The van der Waals surface area contributed by atoms with Crippen LogP contribution in [0.3, 0.4) is 0 Å². The number of pyridine rings is 1. The molecule has 0 unspecified atom stereocenters. The Kier molecular flexibility index (Phi) is 5.49. The molecule has 0 radical (unpaired) electrons. The molecule has 0 aliphatic carbocycles. The largest absolute Gasteiger partial charge is 0.381 e. The molecule has 0 saturated carbocycles. The van der Waals surface area contributed by atoms with Crippen LogP contribution in [0.25, 0.3) is 16.7 Å². The van der Waals surface area contributed by atoms with Gasteiger partial charge in [-0.3, -0.25) is 9.78 Å². The maximum atomic E-state index is 12.8. The molecule has 1 aromatic carbocycles. The first-order valence-corrected chi connectivity index (χ1v) is 9.81. The number of anilines is 1. The van der Waals surface area contributed by atoms with E-state index in [9.17, 15) is 4.79 Å². The topological polar surface area (TPSA) is 57.3 Å². The number of piperidine rings is 1. The van der Waals surface area contributed by atoms with Gasteiger partial charge in [-0.1, -0.05) is 24.6 Å². The van der Waals surface area contributed by atoms with Crippen molar-refractivity contribution in [3.63, 3.8) is 0 Å². The highest BCUT2D eigenvalue weighted by Crippen LogP contribution is 2.32. The van der Waals surface area contributed by atoms with Crippen molar-refractivity contribution in [1.29, 1.82) is 0 Å². The number of nitrogens with one attached hydrogen (secondary N) is 2. The van der Waals surface area contributed by atoms with Crippen molar-refractivity contribution >= 4 is 17.2 Å². The Morgan fingerprint density at radius 3 is 2.85 bits per heavy atom. The second-order valence-corrected chi connectivity index (χ2v) is 7.16. The molecule has 1 fully saturated rings. The normalized spacial score (nSPS) is 16.8. The zero-order valence-corrected chi connectivity index (χ0v) is 15.6. The summed E-state index contributed by atoms with van der Waals surface area (Å²) in [6.07, 6.45) is 9.47. The first-order chi connectivity index (χ1) is 13.3. The number of carbonyl (C=O) groups is 1. The molecule has 0 spiro atoms. The number of likely N-dealkylation sites (tertiary alicyclic amines) is 1. The number of hydrogen-bond acceptors (Lipinski definition) is 4. The van der Waals surface area contributed by atoms with Crippen LogP contribution in [0.5, 0.6) is 0 Å². The molecule has 140 valence electrons. The lowest BCUT2D eigenvalue weighted by Crippen LogP contribution is -2.38. The summed E-state index contributed by atoms with van der Waals surface area (Å²) in [5, 5.41) is 6.46. The average molecular weight is 362 g/mol. The third-order valence-corrected chi connectivity index (χ3v) is 5.31. The lowest BCUT2D eigenvalue weighted by molar-refractivity contribution is -0.115. The standard InChI is InChI=1S/C22H26N4O/c27-22(25-11-14-26-12-2-1-3-13-26)19-8-10-24-21-7-6-17(15-20(19)21)18-5-4-9-23-16-18/h4-9,15-16,24H,1-3,10-14H2,(H,25,27). The number of hydrogen-bond donors (Lipinski definition) is 2. The van der Waals surface area contributed by atoms with Gasteiger partial charge in [0.25, 0.3) is 5.91 Å². The van der Waals surface area contributed by atoms with E-state index in [1.807, 2.05) is 30.5 Å². The Morgan fingerprint density at radius 1 is 1.15 bits per heavy atom. The van der Waals surface area contributed by atoms with Crippen LogP contribution >= 0.6 is 0 Å². The van der Waals surface area contributed by atoms with Crippen molar-refractivity contribution < 1.29 is 4.79 Å². The Labute approximate surface area is 160 Å². The van der Waals surface area contributed by atoms with Gasteiger partial charge in [-0.05, 0) is 49.7 Å². The number of nitrogens with zero attached hydrogens (tertiary/aromatic N) is 2. The Bertz CT molecular complexity index is 825. The van der Waals surface area contributed by atoms with E-state index in [1.54, 1.807) is 6.20 Å². The first-order valence-electron chi connectivity index (χ1n) is 9.81. The predicted molar refractivity (Wildman–Crippen MR) is 109 cm³/mol. The van der Waals surface area contributed by atoms with Crippen LogP contribution in [-0.4, -0.2) is 48.5 Å². The number of amides is 1. The quantitative estimate of drug-likeness (QED) is 0.858. The number of fused-ring (bicyclic) bond motifs is 1. The minimum absolute atomic E-state index is 0.0121. The smallest absolute Gasteiger partial charge is 0.251 e. The van der Waals surface area contributed by atoms with Crippen molar-refractivity contribution in [1.82, 2.24) is 15.2 Å². The number of rotatable bonds is 5. The number of aromatic nitrogens is 1. The molecule has 2 N–H and O–H groups in total. The van der Waals surface area contributed by atoms with Crippen molar-refractivity contribution in [3.05, 3.63) is 54.4 Å². The van der Waals surface area contributed by atoms with E-state index in [2.05, 4.69) is 32.7 Å². The average Bonchev–Trinajstić information content (AvgIpc) is 2.74. The van der Waals surface area contributed by atoms with Crippen LogP contribution in [0.4, 0.5) is 5.69 Å². The summed E-state index contributed by atoms with van der Waals surface area (Å²) in [6.45, 7) is 4.61. The summed E-state index contributed by atoms with van der Waals surface area (Å²) in [7, 11) is 0. The van der Waals surface area contributed by atoms with Crippen molar-refractivity contribution in [2.24, 2.45) is 0 Å². The van der Waals surface area contributed by atoms with Gasteiger partial charge in [-0.25, -0.2) is 0 Å². The van der Waals surface area contributed by atoms with Gasteiger partial charge < -0.3 is 15.5 Å². The molecule has 2 aromatic rings. The van der Waals surface area contributed by atoms with Crippen LogP contribution in [0, 0.1) is 0 Å². The molecule has 1 aromatic heterocycles. The van der Waals surface area contributed by atoms with Gasteiger partial charge in [0.05, 0.1) is 0 Å². The maximum absolute atomic E-state index is 12.8. The fourth-order valence-corrected chi connectivity index (χ4v) is 3.83. The van der Waals surface area contributed by atoms with E-state index in [0.29, 0.717) is 13.1 Å². The molecule has 2 aliphatic rings. The molecule has 5 heteroatoms. The minimum atomic E-state index is 0.0121. The molecule has 1 amide bonds. The van der Waals surface area contributed by atoms with E-state index in [4.69, 9.17) is 0 Å². The Morgan fingerprint density at radius 2 is 2.04 bits per heavy atom. The fraction of sp³-hybridized carbons (Fsp3) is 0.364. The van der Waals surface area contributed by atoms with Crippen LogP contribution in [0.2, 0.25) is 0 Å².